The molecule has 0 aliphatic carbocycles. The summed E-state index contributed by atoms with van der Waals surface area (Å²) < 4.78 is 5.84. The van der Waals surface area contributed by atoms with E-state index in [-0.39, 0.29) is 34.9 Å². The molecule has 0 unspecified atom stereocenters. The number of hydrogen-bond acceptors (Lipinski definition) is 7. The third-order valence-corrected chi connectivity index (χ3v) is 5.56. The fraction of sp³-hybridized carbons (Fsp3) is 0.0800. The molecule has 4 aromatic rings. The van der Waals surface area contributed by atoms with Crippen LogP contribution < -0.4 is 32.6 Å². The number of rotatable bonds is 3. The number of benzene rings is 3. The Balaban J connectivity index is 0.000000280. The highest BCUT2D eigenvalue weighted by molar-refractivity contribution is 7.80. The zero-order valence-electron chi connectivity index (χ0n) is 20.5. The van der Waals surface area contributed by atoms with Gasteiger partial charge < -0.3 is 32.6 Å². The van der Waals surface area contributed by atoms with Gasteiger partial charge in [-0.05, 0) is 59.7 Å². The molecule has 10 nitrogen and oxygen atoms in total. The van der Waals surface area contributed by atoms with Gasteiger partial charge in [-0.15, -0.1) is 12.4 Å². The number of fused-ring (bicyclic) bond motifs is 1. The van der Waals surface area contributed by atoms with Crippen molar-refractivity contribution in [2.75, 3.05) is 23.4 Å². The Bertz CT molecular complexity index is 1500. The second-order valence-corrected chi connectivity index (χ2v) is 8.46. The number of aryl methyl sites for hydroxylation is 1. The minimum absolute atomic E-state index is 0. The number of halogens is 2. The summed E-state index contributed by atoms with van der Waals surface area (Å²) in [5, 5.41) is 2.62. The lowest BCUT2D eigenvalue weighted by Crippen LogP contribution is -2.29. The molecule has 0 spiro atoms. The number of nitrogens with zero attached hydrogens (tertiary/aromatic N) is 4. The largest absolute Gasteiger partial charge is 0.432 e. The van der Waals surface area contributed by atoms with E-state index in [9.17, 15) is 4.79 Å². The monoisotopic (exact) mass is 572 g/mol. The van der Waals surface area contributed by atoms with Crippen LogP contribution >= 0.6 is 36.2 Å². The number of carbonyl (C=O) groups is 1. The maximum Gasteiger partial charge on any atom is 0.302 e. The molecule has 0 bridgehead atoms. The molecule has 38 heavy (non-hydrogen) atoms. The Kier molecular flexibility index (Phi) is 10.6. The predicted molar refractivity (Wildman–Crippen MR) is 160 cm³/mol. The predicted octanol–water partition coefficient (Wildman–Crippen LogP) is 4.08. The van der Waals surface area contributed by atoms with Gasteiger partial charge in [-0.25, -0.2) is 9.97 Å². The van der Waals surface area contributed by atoms with Crippen molar-refractivity contribution in [1.82, 2.24) is 9.97 Å². The molecular formula is C25H26Cl2N8O2S. The molecule has 4 rings (SSSR count). The van der Waals surface area contributed by atoms with Crippen molar-refractivity contribution in [3.63, 3.8) is 0 Å². The number of nitrogens with two attached hydrogens (primary N) is 4. The van der Waals surface area contributed by atoms with Gasteiger partial charge in [-0.2, -0.15) is 4.99 Å². The van der Waals surface area contributed by atoms with Crippen LogP contribution in [0.25, 0.3) is 10.8 Å². The number of aliphatic imine (C=N–C) groups is 1. The number of carbonyl (C=O) groups excluding carboxylic acids is 1. The molecule has 0 atom stereocenters. The van der Waals surface area contributed by atoms with Crippen LogP contribution in [-0.2, 0) is 0 Å². The molecular weight excluding hydrogens is 547 g/mol. The van der Waals surface area contributed by atoms with Crippen LogP contribution in [0.1, 0.15) is 16.1 Å². The first kappa shape index (κ1) is 30.0. The summed E-state index contributed by atoms with van der Waals surface area (Å²) in [6.45, 7) is 2.06. The van der Waals surface area contributed by atoms with Gasteiger partial charge in [0.1, 0.15) is 5.75 Å². The first-order valence-electron chi connectivity index (χ1n) is 10.8. The number of guanidine groups is 1. The fourth-order valence-electron chi connectivity index (χ4n) is 3.11. The van der Waals surface area contributed by atoms with E-state index >= 15 is 0 Å². The van der Waals surface area contributed by atoms with E-state index < -0.39 is 11.9 Å². The molecule has 0 radical (unpaired) electrons. The minimum atomic E-state index is -0.832. The van der Waals surface area contributed by atoms with Gasteiger partial charge in [0.15, 0.2) is 28.4 Å². The van der Waals surface area contributed by atoms with E-state index in [4.69, 9.17) is 51.5 Å². The zero-order chi connectivity index (χ0) is 27.1. The summed E-state index contributed by atoms with van der Waals surface area (Å²) in [7, 11) is 1.91. The minimum Gasteiger partial charge on any atom is -0.432 e. The average Bonchev–Trinajstić information content (AvgIpc) is 2.85. The molecule has 8 N–H and O–H groups in total. The highest BCUT2D eigenvalue weighted by Gasteiger charge is 2.15. The lowest BCUT2D eigenvalue weighted by atomic mass is 10.1. The maximum absolute atomic E-state index is 11.3. The van der Waals surface area contributed by atoms with Crippen molar-refractivity contribution >= 4 is 81.4 Å². The quantitative estimate of drug-likeness (QED) is 0.159. The van der Waals surface area contributed by atoms with Crippen LogP contribution in [0.4, 0.5) is 17.3 Å². The number of aromatic nitrogens is 2. The number of amides is 1. The molecule has 0 aliphatic rings. The number of hydrogen-bond donors (Lipinski definition) is 4. The van der Waals surface area contributed by atoms with Crippen molar-refractivity contribution in [3.8, 4) is 5.75 Å². The van der Waals surface area contributed by atoms with Crippen LogP contribution in [0.5, 0.6) is 5.75 Å². The average molecular weight is 574 g/mol. The molecule has 1 amide bonds. The first-order valence-corrected chi connectivity index (χ1v) is 11.6. The summed E-state index contributed by atoms with van der Waals surface area (Å²) in [4.78, 5) is 23.6. The van der Waals surface area contributed by atoms with Crippen molar-refractivity contribution < 1.29 is 9.53 Å². The number of nitrogen functional groups attached to an aromatic ring is 2. The summed E-state index contributed by atoms with van der Waals surface area (Å²) in [5.41, 5.74) is 22.7. The maximum atomic E-state index is 11.3. The van der Waals surface area contributed by atoms with Gasteiger partial charge in [0.25, 0.3) is 5.17 Å². The molecule has 0 fully saturated rings. The standard InChI is InChI=1S/C19H17NOS.C6H8ClN7O.ClH/c1-14-6-5-9-17(12-14)20(2)19(22)21-18-11-10-15-7-3-4-8-16(15)13-18;7-2-4(9)13-3(8)1(12-2)5(15)14-6(10)11;/h3-13H,1-2H3;(H4,8,9,13)(H4,10,11,14,15);1H. The Morgan fingerprint density at radius 3 is 2.32 bits per heavy atom. The van der Waals surface area contributed by atoms with Crippen molar-refractivity contribution in [2.24, 2.45) is 16.5 Å². The second kappa shape index (κ2) is 13.4. The summed E-state index contributed by atoms with van der Waals surface area (Å²) >= 11 is 11.0. The molecule has 1 heterocycles. The SMILES string of the molecule is Cc1cccc(N(C)C(=S)Oc2ccc3ccccc3c2)c1.Cl.NC(N)=NC(=O)c1nc(Cl)c(N)nc1N. The fourth-order valence-corrected chi connectivity index (χ4v) is 3.44. The van der Waals surface area contributed by atoms with E-state index in [1.165, 1.54) is 10.9 Å². The lowest BCUT2D eigenvalue weighted by molar-refractivity contribution is 0.0998. The van der Waals surface area contributed by atoms with E-state index in [2.05, 4.69) is 46.1 Å². The number of ether oxygens (including phenoxy) is 1. The third kappa shape index (κ3) is 7.90. The van der Waals surface area contributed by atoms with Gasteiger partial charge in [0, 0.05) is 12.7 Å². The Morgan fingerprint density at radius 2 is 1.66 bits per heavy atom. The van der Waals surface area contributed by atoms with E-state index in [0.717, 1.165) is 16.8 Å². The van der Waals surface area contributed by atoms with Gasteiger partial charge in [-0.1, -0.05) is 54.1 Å². The van der Waals surface area contributed by atoms with Crippen molar-refractivity contribution in [1.29, 1.82) is 0 Å². The van der Waals surface area contributed by atoms with Crippen LogP contribution in [0.2, 0.25) is 5.15 Å². The molecule has 198 valence electrons. The highest BCUT2D eigenvalue weighted by atomic mass is 35.5. The highest BCUT2D eigenvalue weighted by Crippen LogP contribution is 2.22. The number of thiocarbonyl (C=S) groups is 1. The van der Waals surface area contributed by atoms with E-state index in [1.54, 1.807) is 0 Å². The Morgan fingerprint density at radius 1 is 0.974 bits per heavy atom. The molecule has 1 aromatic heterocycles. The van der Waals surface area contributed by atoms with Gasteiger partial charge >= 0.3 is 5.91 Å². The van der Waals surface area contributed by atoms with Gasteiger partial charge in [0.2, 0.25) is 0 Å². The molecule has 13 heteroatoms. The third-order valence-electron chi connectivity index (χ3n) is 4.93. The van der Waals surface area contributed by atoms with E-state index in [0.29, 0.717) is 5.17 Å². The second-order valence-electron chi connectivity index (χ2n) is 7.75. The van der Waals surface area contributed by atoms with Crippen molar-refractivity contribution in [2.45, 2.75) is 6.92 Å². The number of anilines is 3. The van der Waals surface area contributed by atoms with Gasteiger partial charge in [-0.3, -0.25) is 4.79 Å². The normalized spacial score (nSPS) is 9.87. The Hall–Kier alpha value is -4.19. The Labute approximate surface area is 236 Å². The van der Waals surface area contributed by atoms with Crippen molar-refractivity contribution in [3.05, 3.63) is 83.1 Å². The van der Waals surface area contributed by atoms with Crippen LogP contribution in [-0.4, -0.2) is 34.1 Å². The first-order chi connectivity index (χ1) is 17.5. The van der Waals surface area contributed by atoms with E-state index in [1.807, 2.05) is 54.4 Å². The molecule has 0 saturated carbocycles. The molecule has 3 aromatic carbocycles. The van der Waals surface area contributed by atoms with Crippen LogP contribution in [0, 0.1) is 6.92 Å². The lowest BCUT2D eigenvalue weighted by Gasteiger charge is -2.20. The van der Waals surface area contributed by atoms with Crippen LogP contribution in [0.3, 0.4) is 0 Å². The van der Waals surface area contributed by atoms with Gasteiger partial charge in [0.05, 0.1) is 0 Å². The zero-order valence-corrected chi connectivity index (χ0v) is 22.8. The summed E-state index contributed by atoms with van der Waals surface area (Å²) in [5.74, 6) is -0.749. The molecule has 0 saturated heterocycles. The topological polar surface area (TPSA) is 172 Å². The van der Waals surface area contributed by atoms with Crippen LogP contribution in [0.15, 0.2) is 71.7 Å². The molecule has 0 aliphatic heterocycles. The summed E-state index contributed by atoms with van der Waals surface area (Å²) in [6, 6.07) is 22.3. The smallest absolute Gasteiger partial charge is 0.302 e. The summed E-state index contributed by atoms with van der Waals surface area (Å²) in [6.07, 6.45) is 0.